The maximum Gasteiger partial charge on any atom is 0.332 e. The minimum Gasteiger partial charge on any atom is -0.428 e. The Balaban J connectivity index is 2.46. The molecule has 1 atom stereocenters. The summed E-state index contributed by atoms with van der Waals surface area (Å²) in [5, 5.41) is 0. The summed E-state index contributed by atoms with van der Waals surface area (Å²) in [6, 6.07) is 0. The van der Waals surface area contributed by atoms with Crippen LogP contribution in [-0.2, 0) is 19.0 Å². The summed E-state index contributed by atoms with van der Waals surface area (Å²) in [5.74, 6) is -1.44. The van der Waals surface area contributed by atoms with E-state index in [0.29, 0.717) is 13.2 Å². The van der Waals surface area contributed by atoms with Gasteiger partial charge in [0.15, 0.2) is 0 Å². The molecule has 1 heterocycles. The van der Waals surface area contributed by atoms with E-state index in [2.05, 4.69) is 6.58 Å². The summed E-state index contributed by atoms with van der Waals surface area (Å²) in [7, 11) is 0. The van der Waals surface area contributed by atoms with Crippen LogP contribution < -0.4 is 0 Å². The van der Waals surface area contributed by atoms with Crippen LogP contribution in [0.4, 0.5) is 0 Å². The maximum absolute atomic E-state index is 10.8. The van der Waals surface area contributed by atoms with Crippen molar-refractivity contribution in [3.63, 3.8) is 0 Å². The Labute approximate surface area is 71.1 Å². The van der Waals surface area contributed by atoms with Crippen molar-refractivity contribution in [2.24, 2.45) is 0 Å². The monoisotopic (exact) mass is 172 g/mol. The molecule has 0 aromatic carbocycles. The molecule has 0 radical (unpaired) electrons. The normalized spacial score (nSPS) is 29.4. The van der Waals surface area contributed by atoms with Gasteiger partial charge in [-0.3, -0.25) is 0 Å². The number of rotatable bonds is 2. The Morgan fingerprint density at radius 3 is 2.92 bits per heavy atom. The third-order valence-electron chi connectivity index (χ3n) is 1.48. The molecule has 12 heavy (non-hydrogen) atoms. The Bertz CT molecular complexity index is 181. The molecule has 1 saturated heterocycles. The molecule has 0 aromatic rings. The topological polar surface area (TPSA) is 44.8 Å². The summed E-state index contributed by atoms with van der Waals surface area (Å²) in [6.07, 6.45) is 1.10. The Kier molecular flexibility index (Phi) is 2.83. The average Bonchev–Trinajstić information content (AvgIpc) is 2.05. The van der Waals surface area contributed by atoms with E-state index in [0.717, 1.165) is 6.08 Å². The van der Waals surface area contributed by atoms with Gasteiger partial charge in [-0.1, -0.05) is 6.58 Å². The molecule has 0 aromatic heterocycles. The van der Waals surface area contributed by atoms with Crippen LogP contribution in [-0.4, -0.2) is 31.6 Å². The van der Waals surface area contributed by atoms with Gasteiger partial charge in [-0.05, 0) is 0 Å². The van der Waals surface area contributed by atoms with Crippen LogP contribution in [0.3, 0.4) is 0 Å². The van der Waals surface area contributed by atoms with Crippen LogP contribution in [0.25, 0.3) is 0 Å². The van der Waals surface area contributed by atoms with E-state index in [9.17, 15) is 4.79 Å². The molecule has 68 valence electrons. The Morgan fingerprint density at radius 2 is 2.42 bits per heavy atom. The van der Waals surface area contributed by atoms with E-state index < -0.39 is 11.8 Å². The Hall–Kier alpha value is -0.870. The fraction of sp³-hybridized carbons (Fsp3) is 0.625. The van der Waals surface area contributed by atoms with E-state index in [1.165, 1.54) is 0 Å². The predicted molar refractivity (Wildman–Crippen MR) is 41.5 cm³/mol. The first-order valence-corrected chi connectivity index (χ1v) is 3.73. The molecule has 1 rings (SSSR count). The minimum absolute atomic E-state index is 0.270. The minimum atomic E-state index is -0.941. The van der Waals surface area contributed by atoms with Crippen molar-refractivity contribution < 1.29 is 19.0 Å². The van der Waals surface area contributed by atoms with Gasteiger partial charge in [0, 0.05) is 13.0 Å². The van der Waals surface area contributed by atoms with Crippen molar-refractivity contribution in [2.75, 3.05) is 19.8 Å². The largest absolute Gasteiger partial charge is 0.428 e. The van der Waals surface area contributed by atoms with Gasteiger partial charge in [0.2, 0.25) is 5.79 Å². The van der Waals surface area contributed by atoms with E-state index in [-0.39, 0.29) is 6.61 Å². The molecule has 0 N–H and O–H groups in total. The summed E-state index contributed by atoms with van der Waals surface area (Å²) in [4.78, 5) is 10.8. The number of hydrogen-bond acceptors (Lipinski definition) is 4. The second-order valence-corrected chi connectivity index (χ2v) is 2.66. The zero-order chi connectivity index (χ0) is 9.03. The summed E-state index contributed by atoms with van der Waals surface area (Å²) in [6.45, 7) is 6.21. The first kappa shape index (κ1) is 9.22. The van der Waals surface area contributed by atoms with Crippen LogP contribution in [0, 0.1) is 0 Å². The van der Waals surface area contributed by atoms with Crippen molar-refractivity contribution in [1.29, 1.82) is 0 Å². The molecular weight excluding hydrogens is 160 g/mol. The quantitative estimate of drug-likeness (QED) is 0.449. The van der Waals surface area contributed by atoms with Gasteiger partial charge in [0.05, 0.1) is 13.2 Å². The van der Waals surface area contributed by atoms with Crippen LogP contribution in [0.5, 0.6) is 0 Å². The van der Waals surface area contributed by atoms with Gasteiger partial charge < -0.3 is 14.2 Å². The van der Waals surface area contributed by atoms with Crippen molar-refractivity contribution in [3.8, 4) is 0 Å². The van der Waals surface area contributed by atoms with Gasteiger partial charge in [0.1, 0.15) is 6.61 Å². The molecule has 0 bridgehead atoms. The van der Waals surface area contributed by atoms with E-state index in [1.54, 1.807) is 6.92 Å². The summed E-state index contributed by atoms with van der Waals surface area (Å²) < 4.78 is 15.2. The first-order valence-electron chi connectivity index (χ1n) is 3.73. The van der Waals surface area contributed by atoms with E-state index >= 15 is 0 Å². The highest BCUT2D eigenvalue weighted by molar-refractivity contribution is 5.81. The Morgan fingerprint density at radius 1 is 1.67 bits per heavy atom. The standard InChI is InChI=1S/C8H12O4/c1-3-7(9)12-8(2)6-10-4-5-11-8/h3H,1,4-6H2,2H3. The maximum atomic E-state index is 10.8. The highest BCUT2D eigenvalue weighted by atomic mass is 16.7. The zero-order valence-electron chi connectivity index (χ0n) is 7.04. The zero-order valence-corrected chi connectivity index (χ0v) is 7.04. The second kappa shape index (κ2) is 3.69. The summed E-state index contributed by atoms with van der Waals surface area (Å²) in [5.41, 5.74) is 0. The van der Waals surface area contributed by atoms with Crippen molar-refractivity contribution in [3.05, 3.63) is 12.7 Å². The van der Waals surface area contributed by atoms with Crippen molar-refractivity contribution in [2.45, 2.75) is 12.7 Å². The number of hydrogen-bond donors (Lipinski definition) is 0. The number of carbonyl (C=O) groups is 1. The molecule has 4 nitrogen and oxygen atoms in total. The highest BCUT2D eigenvalue weighted by Crippen LogP contribution is 2.16. The number of esters is 1. The van der Waals surface area contributed by atoms with Crippen molar-refractivity contribution in [1.82, 2.24) is 0 Å². The lowest BCUT2D eigenvalue weighted by Gasteiger charge is -2.32. The highest BCUT2D eigenvalue weighted by Gasteiger charge is 2.32. The lowest BCUT2D eigenvalue weighted by atomic mass is 10.3. The van der Waals surface area contributed by atoms with Gasteiger partial charge in [-0.15, -0.1) is 0 Å². The molecule has 1 aliphatic rings. The van der Waals surface area contributed by atoms with Crippen LogP contribution in [0.1, 0.15) is 6.92 Å². The van der Waals surface area contributed by atoms with Gasteiger partial charge in [-0.25, -0.2) is 4.79 Å². The lowest BCUT2D eigenvalue weighted by Crippen LogP contribution is -2.44. The molecular formula is C8H12O4. The van der Waals surface area contributed by atoms with Gasteiger partial charge in [-0.2, -0.15) is 0 Å². The third kappa shape index (κ3) is 2.32. The van der Waals surface area contributed by atoms with Crippen LogP contribution in [0.15, 0.2) is 12.7 Å². The molecule has 0 spiro atoms. The number of ether oxygens (including phenoxy) is 3. The van der Waals surface area contributed by atoms with E-state index in [4.69, 9.17) is 14.2 Å². The second-order valence-electron chi connectivity index (χ2n) is 2.66. The summed E-state index contributed by atoms with van der Waals surface area (Å²) >= 11 is 0. The first-order chi connectivity index (χ1) is 5.66. The molecule has 1 fully saturated rings. The SMILES string of the molecule is C=CC(=O)OC1(C)COCCO1. The fourth-order valence-corrected chi connectivity index (χ4v) is 0.929. The molecule has 0 aliphatic carbocycles. The third-order valence-corrected chi connectivity index (χ3v) is 1.48. The molecule has 0 amide bonds. The van der Waals surface area contributed by atoms with Crippen molar-refractivity contribution >= 4 is 5.97 Å². The number of carbonyl (C=O) groups excluding carboxylic acids is 1. The molecule has 1 aliphatic heterocycles. The van der Waals surface area contributed by atoms with Crippen LogP contribution >= 0.6 is 0 Å². The van der Waals surface area contributed by atoms with E-state index in [1.807, 2.05) is 0 Å². The predicted octanol–water partition coefficient (Wildman–Crippen LogP) is 0.479. The van der Waals surface area contributed by atoms with Gasteiger partial charge in [0.25, 0.3) is 0 Å². The smallest absolute Gasteiger partial charge is 0.332 e. The lowest BCUT2D eigenvalue weighted by molar-refractivity contribution is -0.268. The molecule has 4 heteroatoms. The van der Waals surface area contributed by atoms with Crippen LogP contribution in [0.2, 0.25) is 0 Å². The molecule has 1 unspecified atom stereocenters. The fourth-order valence-electron chi connectivity index (χ4n) is 0.929. The van der Waals surface area contributed by atoms with Gasteiger partial charge >= 0.3 is 5.97 Å². The average molecular weight is 172 g/mol. The molecule has 0 saturated carbocycles.